The summed E-state index contributed by atoms with van der Waals surface area (Å²) in [6.45, 7) is 0.552. The summed E-state index contributed by atoms with van der Waals surface area (Å²) in [6, 6.07) is 12.9. The van der Waals surface area contributed by atoms with Gasteiger partial charge in [0.15, 0.2) is 0 Å². The summed E-state index contributed by atoms with van der Waals surface area (Å²) >= 11 is 5.89. The fourth-order valence-electron chi connectivity index (χ4n) is 2.64. The molecule has 0 aromatic heterocycles. The number of aryl methyl sites for hydroxylation is 1. The molecule has 1 aliphatic rings. The van der Waals surface area contributed by atoms with Crippen LogP contribution < -0.4 is 10.6 Å². The zero-order chi connectivity index (χ0) is 16.2. The van der Waals surface area contributed by atoms with Crippen LogP contribution in [0.1, 0.15) is 27.9 Å². The van der Waals surface area contributed by atoms with Crippen molar-refractivity contribution in [2.75, 3.05) is 11.9 Å². The summed E-state index contributed by atoms with van der Waals surface area (Å²) in [5, 5.41) is 6.31. The molecule has 5 heteroatoms. The standard InChI is InChI=1S/C18H17ClN2O2/c19-15-3-1-2-14(11-15)18(23)20-9-8-12-4-6-16-13(10-12)5-7-17(22)21-16/h1-4,6,10-11H,5,7-9H2,(H,20,23)(H,21,22). The third-order valence-electron chi connectivity index (χ3n) is 3.85. The molecule has 1 heterocycles. The molecule has 0 radical (unpaired) electrons. The van der Waals surface area contributed by atoms with E-state index in [0.29, 0.717) is 23.6 Å². The number of amides is 2. The Balaban J connectivity index is 1.57. The van der Waals surface area contributed by atoms with Gasteiger partial charge in [0, 0.05) is 29.2 Å². The summed E-state index contributed by atoms with van der Waals surface area (Å²) in [5.41, 5.74) is 3.76. The fourth-order valence-corrected chi connectivity index (χ4v) is 2.83. The number of carbonyl (C=O) groups is 2. The Labute approximate surface area is 139 Å². The highest BCUT2D eigenvalue weighted by Crippen LogP contribution is 2.23. The third kappa shape index (κ3) is 3.90. The normalized spacial score (nSPS) is 13.2. The number of carbonyl (C=O) groups excluding carboxylic acids is 2. The van der Waals surface area contributed by atoms with Gasteiger partial charge in [0.05, 0.1) is 0 Å². The van der Waals surface area contributed by atoms with Crippen molar-refractivity contribution >= 4 is 29.1 Å². The number of fused-ring (bicyclic) bond motifs is 1. The Kier molecular flexibility index (Phi) is 4.63. The number of anilines is 1. The van der Waals surface area contributed by atoms with Crippen LogP contribution in [-0.2, 0) is 17.6 Å². The molecule has 0 unspecified atom stereocenters. The van der Waals surface area contributed by atoms with Gasteiger partial charge in [0.25, 0.3) is 5.91 Å². The summed E-state index contributed by atoms with van der Waals surface area (Å²) in [7, 11) is 0. The van der Waals surface area contributed by atoms with Crippen LogP contribution in [0.25, 0.3) is 0 Å². The van der Waals surface area contributed by atoms with Gasteiger partial charge in [0.2, 0.25) is 5.91 Å². The summed E-state index contributed by atoms with van der Waals surface area (Å²) < 4.78 is 0. The van der Waals surface area contributed by atoms with Crippen LogP contribution in [0, 0.1) is 0 Å². The third-order valence-corrected chi connectivity index (χ3v) is 4.09. The number of nitrogens with one attached hydrogen (secondary N) is 2. The first-order valence-corrected chi connectivity index (χ1v) is 7.95. The maximum Gasteiger partial charge on any atom is 0.251 e. The molecule has 1 aliphatic heterocycles. The van der Waals surface area contributed by atoms with E-state index in [4.69, 9.17) is 11.6 Å². The highest BCUT2D eigenvalue weighted by atomic mass is 35.5. The molecule has 0 spiro atoms. The Morgan fingerprint density at radius 1 is 1.17 bits per heavy atom. The second kappa shape index (κ2) is 6.84. The molecule has 0 saturated heterocycles. The summed E-state index contributed by atoms with van der Waals surface area (Å²) in [5.74, 6) is -0.0586. The van der Waals surface area contributed by atoms with Gasteiger partial charge in [0.1, 0.15) is 0 Å². The van der Waals surface area contributed by atoms with Gasteiger partial charge in [-0.15, -0.1) is 0 Å². The first-order chi connectivity index (χ1) is 11.1. The van der Waals surface area contributed by atoms with Gasteiger partial charge < -0.3 is 10.6 Å². The van der Waals surface area contributed by atoms with Crippen LogP contribution in [-0.4, -0.2) is 18.4 Å². The molecule has 23 heavy (non-hydrogen) atoms. The lowest BCUT2D eigenvalue weighted by atomic mass is 9.99. The fraction of sp³-hybridized carbons (Fsp3) is 0.222. The summed E-state index contributed by atoms with van der Waals surface area (Å²) in [6.07, 6.45) is 2.04. The molecular weight excluding hydrogens is 312 g/mol. The van der Waals surface area contributed by atoms with E-state index in [2.05, 4.69) is 16.7 Å². The molecule has 0 saturated carbocycles. The Morgan fingerprint density at radius 3 is 2.87 bits per heavy atom. The quantitative estimate of drug-likeness (QED) is 0.905. The van der Waals surface area contributed by atoms with E-state index in [0.717, 1.165) is 29.7 Å². The molecule has 0 bridgehead atoms. The van der Waals surface area contributed by atoms with Crippen LogP contribution in [0.5, 0.6) is 0 Å². The molecule has 118 valence electrons. The van der Waals surface area contributed by atoms with Crippen molar-refractivity contribution in [3.8, 4) is 0 Å². The lowest BCUT2D eigenvalue weighted by Gasteiger charge is -2.17. The Morgan fingerprint density at radius 2 is 2.04 bits per heavy atom. The number of hydrogen-bond donors (Lipinski definition) is 2. The smallest absolute Gasteiger partial charge is 0.251 e. The van der Waals surface area contributed by atoms with E-state index >= 15 is 0 Å². The molecule has 2 aromatic carbocycles. The van der Waals surface area contributed by atoms with Gasteiger partial charge in [-0.1, -0.05) is 29.8 Å². The van der Waals surface area contributed by atoms with Crippen LogP contribution >= 0.6 is 11.6 Å². The van der Waals surface area contributed by atoms with Crippen LogP contribution in [0.15, 0.2) is 42.5 Å². The highest BCUT2D eigenvalue weighted by Gasteiger charge is 2.14. The second-order valence-corrected chi connectivity index (χ2v) is 5.99. The zero-order valence-corrected chi connectivity index (χ0v) is 13.3. The van der Waals surface area contributed by atoms with E-state index in [1.807, 2.05) is 12.1 Å². The first-order valence-electron chi connectivity index (χ1n) is 7.57. The van der Waals surface area contributed by atoms with Gasteiger partial charge >= 0.3 is 0 Å². The van der Waals surface area contributed by atoms with Gasteiger partial charge in [-0.3, -0.25) is 9.59 Å². The topological polar surface area (TPSA) is 58.2 Å². The maximum absolute atomic E-state index is 12.0. The average molecular weight is 329 g/mol. The molecular formula is C18H17ClN2O2. The van der Waals surface area contributed by atoms with Crippen molar-refractivity contribution in [3.05, 3.63) is 64.2 Å². The van der Waals surface area contributed by atoms with E-state index in [1.165, 1.54) is 0 Å². The SMILES string of the molecule is O=C1CCc2cc(CCNC(=O)c3cccc(Cl)c3)ccc2N1. The minimum atomic E-state index is -0.127. The zero-order valence-electron chi connectivity index (χ0n) is 12.6. The van der Waals surface area contributed by atoms with E-state index in [9.17, 15) is 9.59 Å². The Hall–Kier alpha value is -2.33. The molecule has 0 atom stereocenters. The molecule has 2 N–H and O–H groups in total. The minimum absolute atomic E-state index is 0.0686. The van der Waals surface area contributed by atoms with Crippen LogP contribution in [0.2, 0.25) is 5.02 Å². The van der Waals surface area contributed by atoms with Gasteiger partial charge in [-0.2, -0.15) is 0 Å². The number of halogens is 1. The molecule has 4 nitrogen and oxygen atoms in total. The number of rotatable bonds is 4. The highest BCUT2D eigenvalue weighted by molar-refractivity contribution is 6.30. The summed E-state index contributed by atoms with van der Waals surface area (Å²) in [4.78, 5) is 23.4. The van der Waals surface area contributed by atoms with Gasteiger partial charge in [-0.25, -0.2) is 0 Å². The van der Waals surface area contributed by atoms with Crippen molar-refractivity contribution in [1.82, 2.24) is 5.32 Å². The average Bonchev–Trinajstić information content (AvgIpc) is 2.55. The van der Waals surface area contributed by atoms with Crippen LogP contribution in [0.4, 0.5) is 5.69 Å². The van der Waals surface area contributed by atoms with Crippen molar-refractivity contribution in [1.29, 1.82) is 0 Å². The maximum atomic E-state index is 12.0. The second-order valence-electron chi connectivity index (χ2n) is 5.56. The number of benzene rings is 2. The van der Waals surface area contributed by atoms with Crippen molar-refractivity contribution in [2.45, 2.75) is 19.3 Å². The van der Waals surface area contributed by atoms with E-state index in [-0.39, 0.29) is 11.8 Å². The lowest BCUT2D eigenvalue weighted by molar-refractivity contribution is -0.116. The first kappa shape index (κ1) is 15.6. The predicted molar refractivity (Wildman–Crippen MR) is 90.9 cm³/mol. The monoisotopic (exact) mass is 328 g/mol. The van der Waals surface area contributed by atoms with Crippen molar-refractivity contribution in [2.24, 2.45) is 0 Å². The molecule has 2 aromatic rings. The van der Waals surface area contributed by atoms with Crippen molar-refractivity contribution in [3.63, 3.8) is 0 Å². The molecule has 0 fully saturated rings. The molecule has 2 amide bonds. The van der Waals surface area contributed by atoms with Crippen molar-refractivity contribution < 1.29 is 9.59 Å². The molecule has 3 rings (SSSR count). The minimum Gasteiger partial charge on any atom is -0.352 e. The lowest BCUT2D eigenvalue weighted by Crippen LogP contribution is -2.25. The largest absolute Gasteiger partial charge is 0.352 e. The van der Waals surface area contributed by atoms with E-state index < -0.39 is 0 Å². The molecule has 0 aliphatic carbocycles. The van der Waals surface area contributed by atoms with Gasteiger partial charge in [-0.05, 0) is 48.2 Å². The Bertz CT molecular complexity index is 758. The number of hydrogen-bond acceptors (Lipinski definition) is 2. The van der Waals surface area contributed by atoms with Crippen LogP contribution in [0.3, 0.4) is 0 Å². The predicted octanol–water partition coefficient (Wildman–Crippen LogP) is 3.20. The van der Waals surface area contributed by atoms with E-state index in [1.54, 1.807) is 24.3 Å².